The number of urea groups is 1. The Balaban J connectivity index is 1.72. The zero-order chi connectivity index (χ0) is 16.8. The van der Waals surface area contributed by atoms with Gasteiger partial charge in [-0.25, -0.2) is 4.79 Å². The molecule has 2 heterocycles. The van der Waals surface area contributed by atoms with Gasteiger partial charge in [-0.15, -0.1) is 11.3 Å². The van der Waals surface area contributed by atoms with Crippen LogP contribution in [0.4, 0.5) is 4.79 Å². The highest BCUT2D eigenvalue weighted by molar-refractivity contribution is 7.13. The van der Waals surface area contributed by atoms with E-state index in [1.165, 1.54) is 11.3 Å². The summed E-state index contributed by atoms with van der Waals surface area (Å²) in [6.07, 6.45) is 1.31. The lowest BCUT2D eigenvalue weighted by Gasteiger charge is -2.32. The molecule has 8 heteroatoms. The van der Waals surface area contributed by atoms with Gasteiger partial charge in [0, 0.05) is 30.6 Å². The average Bonchev–Trinajstić information content (AvgIpc) is 2.94. The molecule has 3 N–H and O–H groups in total. The Bertz CT molecular complexity index is 579. The van der Waals surface area contributed by atoms with Gasteiger partial charge in [0.2, 0.25) is 0 Å². The summed E-state index contributed by atoms with van der Waals surface area (Å²) in [4.78, 5) is 37.8. The summed E-state index contributed by atoms with van der Waals surface area (Å²) in [6, 6.07) is 3.56. The molecule has 7 nitrogen and oxygen atoms in total. The Morgan fingerprint density at radius 2 is 2.00 bits per heavy atom. The lowest BCUT2D eigenvalue weighted by Crippen LogP contribution is -2.49. The van der Waals surface area contributed by atoms with Gasteiger partial charge in [0.1, 0.15) is 0 Å². The molecule has 1 fully saturated rings. The summed E-state index contributed by atoms with van der Waals surface area (Å²) in [6.45, 7) is 3.19. The van der Waals surface area contributed by atoms with Crippen molar-refractivity contribution in [2.24, 2.45) is 0 Å². The minimum Gasteiger partial charge on any atom is -0.481 e. The van der Waals surface area contributed by atoms with Crippen molar-refractivity contribution in [3.05, 3.63) is 21.9 Å². The third-order valence-electron chi connectivity index (χ3n) is 3.70. The maximum atomic E-state index is 12.1. The van der Waals surface area contributed by atoms with E-state index in [1.54, 1.807) is 4.90 Å². The highest BCUT2D eigenvalue weighted by atomic mass is 32.1. The van der Waals surface area contributed by atoms with E-state index in [9.17, 15) is 14.4 Å². The summed E-state index contributed by atoms with van der Waals surface area (Å²) >= 11 is 1.47. The Morgan fingerprint density at radius 1 is 1.30 bits per heavy atom. The number of carboxylic acid groups (broad SMARTS) is 1. The van der Waals surface area contributed by atoms with Gasteiger partial charge in [0.15, 0.2) is 0 Å². The van der Waals surface area contributed by atoms with Crippen molar-refractivity contribution in [1.29, 1.82) is 0 Å². The van der Waals surface area contributed by atoms with Gasteiger partial charge >= 0.3 is 12.0 Å². The van der Waals surface area contributed by atoms with Crippen LogP contribution in [0.1, 0.15) is 33.8 Å². The van der Waals surface area contributed by atoms with Gasteiger partial charge < -0.3 is 20.6 Å². The van der Waals surface area contributed by atoms with E-state index in [0.717, 1.165) is 4.88 Å². The fourth-order valence-corrected chi connectivity index (χ4v) is 3.20. The van der Waals surface area contributed by atoms with Crippen LogP contribution in [0.2, 0.25) is 0 Å². The number of carboxylic acids is 1. The van der Waals surface area contributed by atoms with Gasteiger partial charge in [-0.3, -0.25) is 9.59 Å². The number of hydrogen-bond donors (Lipinski definition) is 3. The molecule has 0 unspecified atom stereocenters. The smallest absolute Gasteiger partial charge is 0.317 e. The first-order valence-corrected chi connectivity index (χ1v) is 8.39. The van der Waals surface area contributed by atoms with E-state index in [1.807, 2.05) is 19.1 Å². The van der Waals surface area contributed by atoms with Crippen molar-refractivity contribution in [3.8, 4) is 0 Å². The van der Waals surface area contributed by atoms with Crippen LogP contribution in [-0.4, -0.2) is 53.6 Å². The molecule has 1 aromatic heterocycles. The number of thiophene rings is 1. The standard InChI is InChI=1S/C15H21N3O4S/c1-10-2-3-12(23-10)14(21)17-11-5-8-18(9-6-11)15(22)16-7-4-13(19)20/h2-3,11H,4-9H2,1H3,(H,16,22)(H,17,21)(H,19,20). The molecule has 0 atom stereocenters. The first-order chi connectivity index (χ1) is 11.0. The van der Waals surface area contributed by atoms with Crippen LogP contribution in [0.25, 0.3) is 0 Å². The third kappa shape index (κ3) is 5.24. The Hall–Kier alpha value is -2.09. The predicted molar refractivity (Wildman–Crippen MR) is 86.8 cm³/mol. The van der Waals surface area contributed by atoms with Crippen molar-refractivity contribution >= 4 is 29.2 Å². The molecular formula is C15H21N3O4S. The molecule has 0 aromatic carbocycles. The van der Waals surface area contributed by atoms with Gasteiger partial charge in [0.25, 0.3) is 5.91 Å². The minimum atomic E-state index is -0.935. The number of hydrogen-bond acceptors (Lipinski definition) is 4. The van der Waals surface area contributed by atoms with Crippen LogP contribution >= 0.6 is 11.3 Å². The zero-order valence-electron chi connectivity index (χ0n) is 13.0. The van der Waals surface area contributed by atoms with Crippen LogP contribution in [-0.2, 0) is 4.79 Å². The largest absolute Gasteiger partial charge is 0.481 e. The fourth-order valence-electron chi connectivity index (χ4n) is 2.43. The summed E-state index contributed by atoms with van der Waals surface area (Å²) < 4.78 is 0. The van der Waals surface area contributed by atoms with Gasteiger partial charge in [-0.1, -0.05) is 0 Å². The second-order valence-electron chi connectivity index (χ2n) is 5.52. The van der Waals surface area contributed by atoms with Crippen LogP contribution in [0.5, 0.6) is 0 Å². The van der Waals surface area contributed by atoms with E-state index in [-0.39, 0.29) is 30.9 Å². The average molecular weight is 339 g/mol. The van der Waals surface area contributed by atoms with Crippen LogP contribution in [0.15, 0.2) is 12.1 Å². The first kappa shape index (κ1) is 17.3. The molecule has 1 aliphatic rings. The normalized spacial score (nSPS) is 15.3. The molecule has 1 aromatic rings. The highest BCUT2D eigenvalue weighted by Crippen LogP contribution is 2.16. The number of aliphatic carboxylic acids is 1. The molecule has 0 aliphatic carbocycles. The molecule has 23 heavy (non-hydrogen) atoms. The molecule has 126 valence electrons. The van der Waals surface area contributed by atoms with Crippen LogP contribution < -0.4 is 10.6 Å². The Labute approximate surface area is 138 Å². The number of carbonyl (C=O) groups is 3. The van der Waals surface area contributed by atoms with Crippen molar-refractivity contribution < 1.29 is 19.5 Å². The van der Waals surface area contributed by atoms with Gasteiger partial charge in [-0.05, 0) is 31.9 Å². The quantitative estimate of drug-likeness (QED) is 0.756. The SMILES string of the molecule is Cc1ccc(C(=O)NC2CCN(C(=O)NCCC(=O)O)CC2)s1. The maximum absolute atomic E-state index is 12.1. The van der Waals surface area contributed by atoms with Crippen molar-refractivity contribution in [2.75, 3.05) is 19.6 Å². The molecular weight excluding hydrogens is 318 g/mol. The van der Waals surface area contributed by atoms with Crippen molar-refractivity contribution in [3.63, 3.8) is 0 Å². The molecule has 0 bridgehead atoms. The second kappa shape index (κ2) is 7.96. The maximum Gasteiger partial charge on any atom is 0.317 e. The van der Waals surface area contributed by atoms with E-state index in [4.69, 9.17) is 5.11 Å². The predicted octanol–water partition coefficient (Wildman–Crippen LogP) is 1.44. The van der Waals surface area contributed by atoms with E-state index in [0.29, 0.717) is 30.8 Å². The Morgan fingerprint density at radius 3 is 2.57 bits per heavy atom. The van der Waals surface area contributed by atoms with Crippen molar-refractivity contribution in [2.45, 2.75) is 32.2 Å². The number of nitrogens with one attached hydrogen (secondary N) is 2. The number of nitrogens with zero attached hydrogens (tertiary/aromatic N) is 1. The zero-order valence-corrected chi connectivity index (χ0v) is 13.8. The molecule has 3 amide bonds. The fraction of sp³-hybridized carbons (Fsp3) is 0.533. The summed E-state index contributed by atoms with van der Waals surface area (Å²) in [5, 5.41) is 14.1. The molecule has 1 saturated heterocycles. The molecule has 0 saturated carbocycles. The number of aryl methyl sites for hydroxylation is 1. The minimum absolute atomic E-state index is 0.0625. The first-order valence-electron chi connectivity index (χ1n) is 7.57. The number of carbonyl (C=O) groups excluding carboxylic acids is 2. The summed E-state index contributed by atoms with van der Waals surface area (Å²) in [7, 11) is 0. The third-order valence-corrected chi connectivity index (χ3v) is 4.70. The van der Waals surface area contributed by atoms with Gasteiger partial charge in [0.05, 0.1) is 11.3 Å². The Kier molecular flexibility index (Phi) is 5.97. The summed E-state index contributed by atoms with van der Waals surface area (Å²) in [5.74, 6) is -0.997. The van der Waals surface area contributed by atoms with E-state index in [2.05, 4.69) is 10.6 Å². The topological polar surface area (TPSA) is 98.7 Å². The second-order valence-corrected chi connectivity index (χ2v) is 6.81. The number of piperidine rings is 1. The molecule has 1 aliphatic heterocycles. The van der Waals surface area contributed by atoms with Crippen molar-refractivity contribution in [1.82, 2.24) is 15.5 Å². The van der Waals surface area contributed by atoms with E-state index < -0.39 is 5.97 Å². The summed E-state index contributed by atoms with van der Waals surface area (Å²) in [5.41, 5.74) is 0. The molecule has 0 spiro atoms. The molecule has 0 radical (unpaired) electrons. The number of likely N-dealkylation sites (tertiary alicyclic amines) is 1. The molecule has 2 rings (SSSR count). The monoisotopic (exact) mass is 339 g/mol. The lowest BCUT2D eigenvalue weighted by atomic mass is 10.1. The highest BCUT2D eigenvalue weighted by Gasteiger charge is 2.24. The van der Waals surface area contributed by atoms with Gasteiger partial charge in [-0.2, -0.15) is 0 Å². The lowest BCUT2D eigenvalue weighted by molar-refractivity contribution is -0.136. The van der Waals surface area contributed by atoms with E-state index >= 15 is 0 Å². The number of rotatable bonds is 5. The van der Waals surface area contributed by atoms with Crippen LogP contribution in [0.3, 0.4) is 0 Å². The number of amides is 3. The van der Waals surface area contributed by atoms with Crippen LogP contribution in [0, 0.1) is 6.92 Å².